The van der Waals surface area contributed by atoms with Crippen molar-refractivity contribution in [2.45, 2.75) is 46.5 Å². The van der Waals surface area contributed by atoms with Crippen LogP contribution in [0.4, 0.5) is 0 Å². The van der Waals surface area contributed by atoms with Gasteiger partial charge in [-0.1, -0.05) is 40.0 Å². The van der Waals surface area contributed by atoms with Crippen molar-refractivity contribution in [1.29, 1.82) is 0 Å². The zero-order valence-electron chi connectivity index (χ0n) is 16.8. The number of benzene rings is 1. The zero-order valence-corrected chi connectivity index (χ0v) is 17.7. The molecule has 1 rings (SSSR count). The molecule has 0 saturated carbocycles. The predicted molar refractivity (Wildman–Crippen MR) is 111 cm³/mol. The molecule has 0 fully saturated rings. The van der Waals surface area contributed by atoms with Gasteiger partial charge in [0.25, 0.3) is 0 Å². The van der Waals surface area contributed by atoms with Gasteiger partial charge in [0.15, 0.2) is 6.16 Å². The third-order valence-corrected chi connectivity index (χ3v) is 4.97. The van der Waals surface area contributed by atoms with E-state index >= 15 is 0 Å². The van der Waals surface area contributed by atoms with E-state index in [4.69, 9.17) is 4.74 Å². The van der Waals surface area contributed by atoms with Gasteiger partial charge >= 0.3 is 14.0 Å². The summed E-state index contributed by atoms with van der Waals surface area (Å²) in [5.41, 5.74) is 3.46. The maximum atomic E-state index is 11.9. The highest BCUT2D eigenvalue weighted by Gasteiger charge is 2.10. The number of phenols is 1. The summed E-state index contributed by atoms with van der Waals surface area (Å²) in [5, 5.41) is 9.63. The highest BCUT2D eigenvalue weighted by atomic mass is 31.1. The standard InChI is InChI=1S/C22H29O5P/c1-17(9-7-11-19(3)16-28(25)26)8-6-10-18(2)14-15-27-22(24)20-12-4-5-13-21(20)23/h4-5,8,11-14,23H,6-7,9-10,15-16H2,1-3H3. The van der Waals surface area contributed by atoms with Crippen LogP contribution in [0, 0.1) is 0 Å². The Morgan fingerprint density at radius 1 is 1.04 bits per heavy atom. The SMILES string of the molecule is CC(=CCCC(C)=CCOC(=O)c1ccccc1O)CCC=C(C)C[P+](=O)[O-]. The summed E-state index contributed by atoms with van der Waals surface area (Å²) in [6, 6.07) is 6.31. The van der Waals surface area contributed by atoms with Crippen LogP contribution in [0.25, 0.3) is 0 Å². The van der Waals surface area contributed by atoms with Crippen LogP contribution in [0.15, 0.2) is 59.2 Å². The number of carbonyl (C=O) groups excluding carboxylic acids is 1. The summed E-state index contributed by atoms with van der Waals surface area (Å²) >= 11 is 0. The molecular weight excluding hydrogens is 375 g/mol. The average molecular weight is 404 g/mol. The number of para-hydroxylation sites is 1. The number of esters is 1. The maximum absolute atomic E-state index is 11.9. The van der Waals surface area contributed by atoms with Crippen LogP contribution >= 0.6 is 8.03 Å². The zero-order chi connectivity index (χ0) is 20.9. The topological polar surface area (TPSA) is 86.7 Å². The molecule has 1 unspecified atom stereocenters. The van der Waals surface area contributed by atoms with Gasteiger partial charge in [0.1, 0.15) is 17.9 Å². The number of hydrogen-bond donors (Lipinski definition) is 1. The van der Waals surface area contributed by atoms with E-state index in [2.05, 4.69) is 13.0 Å². The number of allylic oxidation sites excluding steroid dienone is 5. The van der Waals surface area contributed by atoms with Crippen LogP contribution in [-0.4, -0.2) is 23.8 Å². The lowest BCUT2D eigenvalue weighted by Gasteiger charge is -2.05. The average Bonchev–Trinajstić information content (AvgIpc) is 2.61. The number of ether oxygens (including phenoxy) is 1. The van der Waals surface area contributed by atoms with Gasteiger partial charge in [-0.2, -0.15) is 0 Å². The van der Waals surface area contributed by atoms with E-state index in [9.17, 15) is 19.4 Å². The van der Waals surface area contributed by atoms with Crippen LogP contribution in [0.2, 0.25) is 0 Å². The molecule has 0 amide bonds. The van der Waals surface area contributed by atoms with E-state index in [-0.39, 0.29) is 24.1 Å². The molecule has 0 aromatic heterocycles. The molecule has 1 atom stereocenters. The normalized spacial score (nSPS) is 13.4. The molecular formula is C22H29O5P. The van der Waals surface area contributed by atoms with E-state index in [1.165, 1.54) is 17.7 Å². The van der Waals surface area contributed by atoms with Crippen molar-refractivity contribution in [3.05, 3.63) is 64.8 Å². The van der Waals surface area contributed by atoms with Gasteiger partial charge in [0, 0.05) is 0 Å². The van der Waals surface area contributed by atoms with Crippen LogP contribution in [0.5, 0.6) is 5.75 Å². The summed E-state index contributed by atoms with van der Waals surface area (Å²) in [6.45, 7) is 6.08. The van der Waals surface area contributed by atoms with Gasteiger partial charge in [-0.15, -0.1) is 0 Å². The molecule has 1 aromatic carbocycles. The second kappa shape index (κ2) is 13.0. The summed E-state index contributed by atoms with van der Waals surface area (Å²) < 4.78 is 15.8. The van der Waals surface area contributed by atoms with Crippen LogP contribution in [-0.2, 0) is 9.30 Å². The largest absolute Gasteiger partial charge is 0.595 e. The van der Waals surface area contributed by atoms with Crippen molar-refractivity contribution in [2.24, 2.45) is 0 Å². The monoisotopic (exact) mass is 404 g/mol. The summed E-state index contributed by atoms with van der Waals surface area (Å²) in [6.07, 6.45) is 9.69. The highest BCUT2D eigenvalue weighted by molar-refractivity contribution is 7.36. The summed E-state index contributed by atoms with van der Waals surface area (Å²) in [5.74, 6) is -0.622. The summed E-state index contributed by atoms with van der Waals surface area (Å²) in [4.78, 5) is 22.6. The molecule has 1 N–H and O–H groups in total. The number of hydrogen-bond acceptors (Lipinski definition) is 5. The fraction of sp³-hybridized carbons (Fsp3) is 0.409. The van der Waals surface area contributed by atoms with E-state index in [1.807, 2.05) is 26.0 Å². The molecule has 0 aliphatic rings. The molecule has 0 bridgehead atoms. The molecule has 152 valence electrons. The molecule has 5 nitrogen and oxygen atoms in total. The van der Waals surface area contributed by atoms with E-state index in [0.717, 1.165) is 36.8 Å². The van der Waals surface area contributed by atoms with Crippen molar-refractivity contribution in [3.8, 4) is 5.75 Å². The van der Waals surface area contributed by atoms with Gasteiger partial charge in [-0.05, 0) is 70.2 Å². The molecule has 0 spiro atoms. The summed E-state index contributed by atoms with van der Waals surface area (Å²) in [7, 11) is -2.35. The molecule has 28 heavy (non-hydrogen) atoms. The van der Waals surface area contributed by atoms with Crippen molar-refractivity contribution in [1.82, 2.24) is 0 Å². The van der Waals surface area contributed by atoms with Crippen molar-refractivity contribution in [2.75, 3.05) is 12.8 Å². The molecule has 0 aliphatic heterocycles. The third-order valence-electron chi connectivity index (χ3n) is 4.21. The molecule has 0 aliphatic carbocycles. The lowest BCUT2D eigenvalue weighted by atomic mass is 10.1. The number of rotatable bonds is 11. The fourth-order valence-electron chi connectivity index (χ4n) is 2.55. The van der Waals surface area contributed by atoms with E-state index in [0.29, 0.717) is 0 Å². The Hall–Kier alpha value is -2.23. The van der Waals surface area contributed by atoms with Gasteiger partial charge in [0.05, 0.1) is 0 Å². The first-order chi connectivity index (χ1) is 13.3. The lowest BCUT2D eigenvalue weighted by Crippen LogP contribution is -2.05. The second-order valence-electron chi connectivity index (χ2n) is 6.84. The van der Waals surface area contributed by atoms with Gasteiger partial charge in [-0.3, -0.25) is 0 Å². The molecule has 0 radical (unpaired) electrons. The van der Waals surface area contributed by atoms with E-state index < -0.39 is 14.0 Å². The third kappa shape index (κ3) is 10.2. The fourth-order valence-corrected chi connectivity index (χ4v) is 3.08. The second-order valence-corrected chi connectivity index (χ2v) is 7.82. The molecule has 6 heteroatoms. The lowest BCUT2D eigenvalue weighted by molar-refractivity contribution is -0.163. The Morgan fingerprint density at radius 3 is 2.21 bits per heavy atom. The Morgan fingerprint density at radius 2 is 1.61 bits per heavy atom. The Bertz CT molecular complexity index is 762. The van der Waals surface area contributed by atoms with Crippen molar-refractivity contribution < 1.29 is 24.1 Å². The minimum Gasteiger partial charge on any atom is -0.595 e. The van der Waals surface area contributed by atoms with Gasteiger partial charge in [-0.25, -0.2) is 4.79 Å². The maximum Gasteiger partial charge on any atom is 0.342 e. The first-order valence-electron chi connectivity index (χ1n) is 9.33. The molecule has 0 heterocycles. The minimum atomic E-state index is -2.35. The van der Waals surface area contributed by atoms with Gasteiger partial charge in [0.2, 0.25) is 0 Å². The highest BCUT2D eigenvalue weighted by Crippen LogP contribution is 2.17. The smallest absolute Gasteiger partial charge is 0.342 e. The number of carbonyl (C=O) groups is 1. The van der Waals surface area contributed by atoms with Crippen LogP contribution in [0.3, 0.4) is 0 Å². The molecule has 1 aromatic rings. The number of phenolic OH excluding ortho intramolecular Hbond substituents is 1. The van der Waals surface area contributed by atoms with Crippen molar-refractivity contribution >= 4 is 14.0 Å². The first kappa shape index (κ1) is 23.8. The minimum absolute atomic E-state index is 0.0827. The first-order valence-corrected chi connectivity index (χ1v) is 10.7. The Balaban J connectivity index is 2.32. The molecule has 0 saturated heterocycles. The Kier molecular flexibility index (Phi) is 11.1. The number of aromatic hydroxyl groups is 1. The van der Waals surface area contributed by atoms with E-state index in [1.54, 1.807) is 12.1 Å². The van der Waals surface area contributed by atoms with Crippen molar-refractivity contribution in [3.63, 3.8) is 0 Å². The predicted octanol–water partition coefficient (Wildman–Crippen LogP) is 5.05. The van der Waals surface area contributed by atoms with Gasteiger partial charge < -0.3 is 14.7 Å². The quantitative estimate of drug-likeness (QED) is 0.317. The van der Waals surface area contributed by atoms with Crippen LogP contribution in [0.1, 0.15) is 56.8 Å². The Labute approximate surface area is 168 Å². The van der Waals surface area contributed by atoms with Crippen LogP contribution < -0.4 is 4.89 Å².